The van der Waals surface area contributed by atoms with Crippen LogP contribution in [0, 0.1) is 6.92 Å². The van der Waals surface area contributed by atoms with E-state index < -0.39 is 135 Å². The van der Waals surface area contributed by atoms with Crippen LogP contribution in [0.1, 0.15) is 5.56 Å². The summed E-state index contributed by atoms with van der Waals surface area (Å²) in [6.07, 6.45) is 0. The molecule has 0 heterocycles. The molecule has 0 aromatic heterocycles. The van der Waals surface area contributed by atoms with Crippen LogP contribution >= 0.6 is 0 Å². The third-order valence-electron chi connectivity index (χ3n) is 7.91. The van der Waals surface area contributed by atoms with Gasteiger partial charge in [0.25, 0.3) is 20.2 Å². The van der Waals surface area contributed by atoms with Crippen molar-refractivity contribution in [3.63, 3.8) is 0 Å². The molecule has 0 aliphatic carbocycles. The Bertz CT molecular complexity index is 3160. The second kappa shape index (κ2) is 18.8. The van der Waals surface area contributed by atoms with Crippen LogP contribution in [-0.4, -0.2) is 119 Å². The summed E-state index contributed by atoms with van der Waals surface area (Å²) >= 11 is 0. The van der Waals surface area contributed by atoms with E-state index >= 15 is 0 Å². The average Bonchev–Trinajstić information content (AvgIpc) is 3.13. The summed E-state index contributed by atoms with van der Waals surface area (Å²) < 4.78 is 200. The van der Waals surface area contributed by atoms with E-state index in [0.717, 1.165) is 43.5 Å². The number of aryl methyl sites for hydroxylation is 1. The van der Waals surface area contributed by atoms with E-state index in [4.69, 9.17) is 18.6 Å². The van der Waals surface area contributed by atoms with Gasteiger partial charge in [-0.25, -0.2) is 25.2 Å². The molecule has 0 spiro atoms. The zero-order valence-electron chi connectivity index (χ0n) is 31.7. The standard InChI is InChI=1S/C30H33N5O21S6/c1-17-12-22(24(36)15-26(17)58(39,40)11-9-56-62(50,51)52)32-35-29-27(60(44,45)46)14-20-19(30(29)54-3)5-6-21(31-16-59(41,42)43)28(20)34-33-23-13-18(4-7-25(23)53-2)57(37,38)10-8-55-61(47,48)49/h4-7,12-15,31,36H,8-11,16H2,1-3H3,(H,41,42,43)(H,44,45,46)(H,47,48,49)(H,50,51,52)/b34-33+,35-32+. The molecule has 0 bridgehead atoms. The number of hydrogen-bond acceptors (Lipinski definition) is 22. The number of aromatic hydroxyl groups is 1. The number of hydrogen-bond donors (Lipinski definition) is 6. The molecular weight excluding hydrogens is 959 g/mol. The monoisotopic (exact) mass is 991 g/mol. The van der Waals surface area contributed by atoms with Gasteiger partial charge in [-0.05, 0) is 55.0 Å². The van der Waals surface area contributed by atoms with Gasteiger partial charge >= 0.3 is 20.8 Å². The maximum atomic E-state index is 12.9. The van der Waals surface area contributed by atoms with E-state index in [2.05, 4.69) is 34.1 Å². The number of phenols is 1. The van der Waals surface area contributed by atoms with Crippen LogP contribution in [0.25, 0.3) is 10.8 Å². The summed E-state index contributed by atoms with van der Waals surface area (Å²) in [5.41, 5.74) is -2.26. The summed E-state index contributed by atoms with van der Waals surface area (Å²) in [6.45, 7) is -0.692. The first-order valence-corrected chi connectivity index (χ1v) is 25.4. The third kappa shape index (κ3) is 13.0. The fourth-order valence-corrected chi connectivity index (χ4v) is 9.51. The van der Waals surface area contributed by atoms with Crippen molar-refractivity contribution in [1.82, 2.24) is 0 Å². The molecule has 0 aliphatic heterocycles. The van der Waals surface area contributed by atoms with E-state index in [1.807, 2.05) is 0 Å². The van der Waals surface area contributed by atoms with Crippen molar-refractivity contribution in [2.45, 2.75) is 21.6 Å². The van der Waals surface area contributed by atoms with Crippen LogP contribution in [-0.2, 0) is 69.1 Å². The Morgan fingerprint density at radius 2 is 1.19 bits per heavy atom. The Labute approximate surface area is 353 Å². The van der Waals surface area contributed by atoms with Gasteiger partial charge in [-0.15, -0.1) is 20.5 Å². The molecule has 0 saturated carbocycles. The van der Waals surface area contributed by atoms with Crippen molar-refractivity contribution in [3.8, 4) is 17.2 Å². The van der Waals surface area contributed by atoms with E-state index in [0.29, 0.717) is 0 Å². The first-order valence-electron chi connectivity index (χ1n) is 16.3. The Morgan fingerprint density at radius 1 is 0.613 bits per heavy atom. The average molecular weight is 992 g/mol. The molecule has 4 rings (SSSR count). The molecule has 62 heavy (non-hydrogen) atoms. The van der Waals surface area contributed by atoms with Gasteiger partial charge in [0, 0.05) is 16.8 Å². The third-order valence-corrected chi connectivity index (χ3v) is 13.7. The van der Waals surface area contributed by atoms with E-state index in [1.165, 1.54) is 26.2 Å². The van der Waals surface area contributed by atoms with Crippen molar-refractivity contribution >= 4 is 99.9 Å². The molecule has 0 aliphatic rings. The number of benzene rings is 4. The molecule has 0 amide bonds. The highest BCUT2D eigenvalue weighted by molar-refractivity contribution is 7.92. The molecule has 0 radical (unpaired) electrons. The van der Waals surface area contributed by atoms with Crippen molar-refractivity contribution in [2.75, 3.05) is 50.1 Å². The zero-order valence-corrected chi connectivity index (χ0v) is 36.6. The van der Waals surface area contributed by atoms with Crippen LogP contribution in [0.15, 0.2) is 83.7 Å². The lowest BCUT2D eigenvalue weighted by atomic mass is 10.0. The SMILES string of the molecule is COc1ccc(S(=O)(=O)CCOS(=O)(=O)O)cc1/N=N/c1c(NCS(=O)(=O)O)ccc2c(OC)c(/N=N/c3cc(C)c(S(=O)(=O)CCOS(=O)(=O)O)cc3O)c(S(=O)(=O)O)cc12. The molecule has 0 saturated heterocycles. The minimum atomic E-state index is -5.33. The zero-order chi connectivity index (χ0) is 46.6. The van der Waals surface area contributed by atoms with Crippen LogP contribution in [0.4, 0.5) is 28.4 Å². The molecule has 0 atom stereocenters. The van der Waals surface area contributed by atoms with Crippen LogP contribution in [0.2, 0.25) is 0 Å². The van der Waals surface area contributed by atoms with Gasteiger partial charge in [-0.3, -0.25) is 18.2 Å². The van der Waals surface area contributed by atoms with Crippen LogP contribution in [0.5, 0.6) is 17.2 Å². The van der Waals surface area contributed by atoms with Gasteiger partial charge in [0.2, 0.25) is 0 Å². The lowest BCUT2D eigenvalue weighted by molar-refractivity contribution is 0.282. The molecule has 4 aromatic rings. The molecule has 0 fully saturated rings. The van der Waals surface area contributed by atoms with E-state index in [-0.39, 0.29) is 33.5 Å². The Hall–Kier alpha value is -5.00. The largest absolute Gasteiger partial charge is 0.506 e. The molecule has 4 aromatic carbocycles. The molecular formula is C30H33N5O21S6. The van der Waals surface area contributed by atoms with E-state index in [9.17, 15) is 64.7 Å². The summed E-state index contributed by atoms with van der Waals surface area (Å²) in [5.74, 6) is -4.43. The van der Waals surface area contributed by atoms with Crippen molar-refractivity contribution < 1.29 is 91.7 Å². The molecule has 26 nitrogen and oxygen atoms in total. The van der Waals surface area contributed by atoms with Crippen LogP contribution in [0.3, 0.4) is 0 Å². The topological polar surface area (TPSA) is 404 Å². The molecule has 0 unspecified atom stereocenters. The maximum Gasteiger partial charge on any atom is 0.397 e. The Morgan fingerprint density at radius 3 is 1.74 bits per heavy atom. The van der Waals surface area contributed by atoms with Gasteiger partial charge < -0.3 is 19.9 Å². The minimum absolute atomic E-state index is 0.0741. The lowest BCUT2D eigenvalue weighted by Gasteiger charge is -2.16. The smallest absolute Gasteiger partial charge is 0.397 e. The summed E-state index contributed by atoms with van der Waals surface area (Å²) in [4.78, 5) is -2.02. The highest BCUT2D eigenvalue weighted by Crippen LogP contribution is 2.48. The van der Waals surface area contributed by atoms with Crippen molar-refractivity contribution in [3.05, 3.63) is 54.1 Å². The Balaban J connectivity index is 1.92. The maximum absolute atomic E-state index is 12.9. The summed E-state index contributed by atoms with van der Waals surface area (Å²) in [5, 5.41) is 28.5. The molecule has 32 heteroatoms. The quantitative estimate of drug-likeness (QED) is 0.0546. The van der Waals surface area contributed by atoms with Crippen molar-refractivity contribution in [1.29, 1.82) is 0 Å². The number of nitrogens with zero attached hydrogens (tertiary/aromatic N) is 4. The van der Waals surface area contributed by atoms with Crippen molar-refractivity contribution in [2.24, 2.45) is 20.5 Å². The normalized spacial score (nSPS) is 13.3. The van der Waals surface area contributed by atoms with Gasteiger partial charge in [0.1, 0.15) is 45.0 Å². The predicted octanol–water partition coefficient (Wildman–Crippen LogP) is 3.39. The summed E-state index contributed by atoms with van der Waals surface area (Å²) in [7, 11) is -26.5. The van der Waals surface area contributed by atoms with Gasteiger partial charge in [0.15, 0.2) is 25.4 Å². The second-order valence-electron chi connectivity index (χ2n) is 12.2. The number of azo groups is 2. The minimum Gasteiger partial charge on any atom is -0.506 e. The number of sulfone groups is 2. The number of anilines is 1. The fraction of sp³-hybridized carbons (Fsp3) is 0.267. The predicted molar refractivity (Wildman–Crippen MR) is 214 cm³/mol. The van der Waals surface area contributed by atoms with E-state index in [1.54, 1.807) is 0 Å². The molecule has 340 valence electrons. The Kier molecular flexibility index (Phi) is 15.0. The van der Waals surface area contributed by atoms with Gasteiger partial charge in [0.05, 0.1) is 54.4 Å². The summed E-state index contributed by atoms with van der Waals surface area (Å²) in [6, 6.07) is 8.02. The van der Waals surface area contributed by atoms with Gasteiger partial charge in [-0.1, -0.05) is 0 Å². The highest BCUT2D eigenvalue weighted by atomic mass is 32.3. The fourth-order valence-electron chi connectivity index (χ4n) is 5.26. The molecule has 6 N–H and O–H groups in total. The lowest BCUT2D eigenvalue weighted by Crippen LogP contribution is -2.16. The number of methoxy groups -OCH3 is 2. The first kappa shape index (κ1) is 49.7. The number of phenolic OH excluding ortho intramolecular Hbond substituents is 1. The number of fused-ring (bicyclic) bond motifs is 1. The van der Waals surface area contributed by atoms with Crippen LogP contribution < -0.4 is 14.8 Å². The second-order valence-corrected chi connectivity index (χ2v) is 21.4. The number of nitrogens with one attached hydrogen (secondary N) is 1. The number of rotatable bonds is 20. The first-order chi connectivity index (χ1) is 28.5. The number of ether oxygens (including phenoxy) is 2. The van der Waals surface area contributed by atoms with Gasteiger partial charge in [-0.2, -0.15) is 33.7 Å². The highest BCUT2D eigenvalue weighted by Gasteiger charge is 2.27.